The van der Waals surface area contributed by atoms with Gasteiger partial charge in [-0.15, -0.1) is 4.80 Å². The number of likely N-dealkylation sites (N-methyl/N-ethyl adjacent to an activating group) is 1. The molecule has 0 unspecified atom stereocenters. The van der Waals surface area contributed by atoms with Crippen molar-refractivity contribution in [3.8, 4) is 5.69 Å². The number of hydrogen-bond acceptors (Lipinski definition) is 7. The fraction of sp³-hybridized carbons (Fsp3) is 0.304. The first-order chi connectivity index (χ1) is 15.6. The Bertz CT molecular complexity index is 1210. The van der Waals surface area contributed by atoms with Gasteiger partial charge in [-0.2, -0.15) is 10.2 Å². The third-order valence-electron chi connectivity index (χ3n) is 5.35. The zero-order valence-corrected chi connectivity index (χ0v) is 18.4. The molecule has 9 nitrogen and oxygen atoms in total. The quantitative estimate of drug-likeness (QED) is 0.458. The third kappa shape index (κ3) is 4.41. The van der Waals surface area contributed by atoms with Crippen molar-refractivity contribution in [3.63, 3.8) is 0 Å². The van der Waals surface area contributed by atoms with E-state index in [1.54, 1.807) is 18.6 Å². The molecule has 0 aliphatic carbocycles. The maximum atomic E-state index is 13.6. The van der Waals surface area contributed by atoms with Crippen LogP contribution >= 0.6 is 0 Å². The van der Waals surface area contributed by atoms with E-state index < -0.39 is 0 Å². The van der Waals surface area contributed by atoms with Gasteiger partial charge in [0.2, 0.25) is 5.95 Å². The van der Waals surface area contributed by atoms with Crippen molar-refractivity contribution in [1.82, 2.24) is 34.8 Å². The van der Waals surface area contributed by atoms with Crippen molar-refractivity contribution in [2.75, 3.05) is 18.4 Å². The number of fused-ring (bicyclic) bond motifs is 1. The number of rotatable bonds is 8. The number of nitrogens with one attached hydrogen (secondary N) is 1. The zero-order valence-electron chi connectivity index (χ0n) is 18.4. The van der Waals surface area contributed by atoms with Gasteiger partial charge in [0.25, 0.3) is 5.91 Å². The average molecular weight is 431 g/mol. The molecule has 3 heterocycles. The van der Waals surface area contributed by atoms with Gasteiger partial charge in [-0.3, -0.25) is 4.79 Å². The summed E-state index contributed by atoms with van der Waals surface area (Å²) < 4.78 is 0. The summed E-state index contributed by atoms with van der Waals surface area (Å²) in [4.78, 5) is 30.3. The highest BCUT2D eigenvalue weighted by Gasteiger charge is 2.26. The Balaban J connectivity index is 1.56. The molecule has 0 spiro atoms. The van der Waals surface area contributed by atoms with Gasteiger partial charge in [0, 0.05) is 36.4 Å². The first-order valence-electron chi connectivity index (χ1n) is 10.7. The van der Waals surface area contributed by atoms with Gasteiger partial charge < -0.3 is 10.2 Å². The minimum Gasteiger partial charge on any atom is -0.352 e. The highest BCUT2D eigenvalue weighted by molar-refractivity contribution is 5.96. The van der Waals surface area contributed by atoms with Crippen LogP contribution in [0, 0.1) is 6.92 Å². The van der Waals surface area contributed by atoms with Gasteiger partial charge >= 0.3 is 0 Å². The number of amides is 1. The molecule has 4 rings (SSSR count). The number of pyridine rings is 1. The van der Waals surface area contributed by atoms with E-state index in [0.717, 1.165) is 23.0 Å². The van der Waals surface area contributed by atoms with Gasteiger partial charge in [-0.05, 0) is 38.5 Å². The van der Waals surface area contributed by atoms with Crippen molar-refractivity contribution in [3.05, 3.63) is 66.4 Å². The number of aryl methyl sites for hydroxylation is 1. The highest BCUT2D eigenvalue weighted by Crippen LogP contribution is 2.18. The average Bonchev–Trinajstić information content (AvgIpc) is 3.36. The molecule has 0 bridgehead atoms. The van der Waals surface area contributed by atoms with Gasteiger partial charge in [0.05, 0.1) is 17.9 Å². The Labute approximate surface area is 186 Å². The van der Waals surface area contributed by atoms with Crippen LogP contribution in [0.3, 0.4) is 0 Å². The smallest absolute Gasteiger partial charge is 0.275 e. The maximum absolute atomic E-state index is 13.6. The molecule has 0 radical (unpaired) electrons. The molecule has 164 valence electrons. The van der Waals surface area contributed by atoms with Gasteiger partial charge in [-0.1, -0.05) is 25.1 Å². The second kappa shape index (κ2) is 9.51. The van der Waals surface area contributed by atoms with E-state index in [0.29, 0.717) is 30.4 Å². The van der Waals surface area contributed by atoms with E-state index >= 15 is 0 Å². The van der Waals surface area contributed by atoms with E-state index in [4.69, 9.17) is 0 Å². The van der Waals surface area contributed by atoms with Crippen LogP contribution in [-0.4, -0.2) is 59.9 Å². The van der Waals surface area contributed by atoms with E-state index in [9.17, 15) is 4.79 Å². The molecule has 1 N–H and O–H groups in total. The van der Waals surface area contributed by atoms with Crippen LogP contribution in [0.25, 0.3) is 16.6 Å². The number of hydrogen-bond donors (Lipinski definition) is 1. The molecule has 3 aromatic heterocycles. The fourth-order valence-corrected chi connectivity index (χ4v) is 3.65. The lowest BCUT2D eigenvalue weighted by Crippen LogP contribution is -2.44. The van der Waals surface area contributed by atoms with E-state index in [-0.39, 0.29) is 11.9 Å². The lowest BCUT2D eigenvalue weighted by atomic mass is 10.1. The number of nitrogens with zero attached hydrogens (tertiary/aromatic N) is 7. The number of carbonyl (C=O) groups is 1. The van der Waals surface area contributed by atoms with Gasteiger partial charge in [0.1, 0.15) is 5.69 Å². The molecule has 1 atom stereocenters. The minimum absolute atomic E-state index is 0.0664. The Morgan fingerprint density at radius 2 is 1.88 bits per heavy atom. The van der Waals surface area contributed by atoms with Gasteiger partial charge in [0.15, 0.2) is 5.69 Å². The number of benzene rings is 1. The number of para-hydroxylation sites is 1. The van der Waals surface area contributed by atoms with Crippen molar-refractivity contribution in [2.45, 2.75) is 33.2 Å². The lowest BCUT2D eigenvalue weighted by Gasteiger charge is -2.30. The lowest BCUT2D eigenvalue weighted by molar-refractivity contribution is 0.0688. The van der Waals surface area contributed by atoms with Crippen LogP contribution < -0.4 is 5.32 Å². The second-order valence-electron chi connectivity index (χ2n) is 7.43. The maximum Gasteiger partial charge on any atom is 0.275 e. The topological polar surface area (TPSA) is 102 Å². The number of aromatic nitrogens is 6. The molecule has 0 saturated carbocycles. The predicted molar refractivity (Wildman–Crippen MR) is 123 cm³/mol. The van der Waals surface area contributed by atoms with Crippen LogP contribution in [0.4, 0.5) is 5.95 Å². The summed E-state index contributed by atoms with van der Waals surface area (Å²) in [6.45, 7) is 6.95. The van der Waals surface area contributed by atoms with Crippen molar-refractivity contribution >= 4 is 22.8 Å². The van der Waals surface area contributed by atoms with Crippen LogP contribution in [0.2, 0.25) is 0 Å². The molecule has 1 aromatic carbocycles. The minimum atomic E-state index is -0.156. The Hall–Kier alpha value is -3.88. The predicted octanol–water partition coefficient (Wildman–Crippen LogP) is 3.27. The first-order valence-corrected chi connectivity index (χ1v) is 10.7. The summed E-state index contributed by atoms with van der Waals surface area (Å²) in [5.41, 5.74) is 2.53. The molecule has 0 saturated heterocycles. The fourth-order valence-electron chi connectivity index (χ4n) is 3.65. The summed E-state index contributed by atoms with van der Waals surface area (Å²) in [5, 5.41) is 12.6. The highest BCUT2D eigenvalue weighted by atomic mass is 16.2. The Morgan fingerprint density at radius 3 is 2.62 bits per heavy atom. The molecule has 0 aliphatic rings. The van der Waals surface area contributed by atoms with Crippen LogP contribution in [0.15, 0.2) is 55.0 Å². The third-order valence-corrected chi connectivity index (χ3v) is 5.35. The summed E-state index contributed by atoms with van der Waals surface area (Å²) in [6.07, 6.45) is 5.72. The number of anilines is 1. The molecular weight excluding hydrogens is 404 g/mol. The summed E-state index contributed by atoms with van der Waals surface area (Å²) >= 11 is 0. The molecular formula is C23H26N8O. The zero-order chi connectivity index (χ0) is 22.5. The largest absolute Gasteiger partial charge is 0.352 e. The standard InChI is InChI=1S/C23H26N8O/c1-4-18(15-25-23-24-14-17-8-6-7-9-19(17)29-23)30(5-2)22(32)21-20(11-10-16(3)28-21)31-26-12-13-27-31/h6-14,18H,4-5,15H2,1-3H3,(H,24,25,29)/t18-/m0/s1. The van der Waals surface area contributed by atoms with Crippen LogP contribution in [0.5, 0.6) is 0 Å². The molecule has 0 aliphatic heterocycles. The van der Waals surface area contributed by atoms with Crippen LogP contribution in [0.1, 0.15) is 36.5 Å². The molecule has 1 amide bonds. The monoisotopic (exact) mass is 430 g/mol. The molecule has 32 heavy (non-hydrogen) atoms. The van der Waals surface area contributed by atoms with Crippen molar-refractivity contribution in [1.29, 1.82) is 0 Å². The van der Waals surface area contributed by atoms with E-state index in [1.165, 1.54) is 4.80 Å². The summed E-state index contributed by atoms with van der Waals surface area (Å²) in [5.74, 6) is 0.386. The summed E-state index contributed by atoms with van der Waals surface area (Å²) in [7, 11) is 0. The van der Waals surface area contributed by atoms with Crippen LogP contribution in [-0.2, 0) is 0 Å². The van der Waals surface area contributed by atoms with Gasteiger partial charge in [-0.25, -0.2) is 15.0 Å². The number of carbonyl (C=O) groups excluding carboxylic acids is 1. The van der Waals surface area contributed by atoms with Crippen molar-refractivity contribution < 1.29 is 4.79 Å². The normalized spacial score (nSPS) is 12.0. The van der Waals surface area contributed by atoms with E-state index in [1.807, 2.05) is 55.1 Å². The Kier molecular flexibility index (Phi) is 6.34. The molecule has 9 heteroatoms. The molecule has 0 fully saturated rings. The first kappa shape index (κ1) is 21.4. The summed E-state index contributed by atoms with van der Waals surface area (Å²) in [6, 6.07) is 11.5. The molecule has 4 aromatic rings. The second-order valence-corrected chi connectivity index (χ2v) is 7.43. The Morgan fingerprint density at radius 1 is 1.09 bits per heavy atom. The van der Waals surface area contributed by atoms with E-state index in [2.05, 4.69) is 37.4 Å². The van der Waals surface area contributed by atoms with Crippen molar-refractivity contribution in [2.24, 2.45) is 0 Å². The SMILES string of the molecule is CC[C@@H](CNc1ncc2ccccc2n1)N(CC)C(=O)c1nc(C)ccc1-n1nccn1.